The van der Waals surface area contributed by atoms with E-state index in [9.17, 15) is 32.3 Å². The SMILES string of the molecule is COc1ccc(C#CC(C)O)cc1C(=O)Nc1cc2ccccc2c(-c2ccc(F)c(C(F)(F)F)c2)c1C(N)=O. The second-order valence-electron chi connectivity index (χ2n) is 8.77. The van der Waals surface area contributed by atoms with Crippen LogP contribution in [0.4, 0.5) is 23.2 Å². The molecule has 0 heterocycles. The predicted octanol–water partition coefficient (Wildman–Crippen LogP) is 5.76. The maximum atomic E-state index is 14.1. The first-order valence-corrected chi connectivity index (χ1v) is 11.8. The highest BCUT2D eigenvalue weighted by molar-refractivity contribution is 6.17. The molecule has 4 aromatic rings. The number of aliphatic hydroxyl groups excluding tert-OH is 1. The Kier molecular flexibility index (Phi) is 7.79. The summed E-state index contributed by atoms with van der Waals surface area (Å²) in [4.78, 5) is 26.2. The molecule has 1 atom stereocenters. The smallest absolute Gasteiger partial charge is 0.419 e. The third-order valence-electron chi connectivity index (χ3n) is 5.97. The number of fused-ring (bicyclic) bond motifs is 1. The first kappa shape index (κ1) is 28.1. The van der Waals surface area contributed by atoms with Gasteiger partial charge in [0, 0.05) is 11.1 Å². The molecule has 0 aliphatic carbocycles. The maximum Gasteiger partial charge on any atom is 0.419 e. The number of hydrogen-bond acceptors (Lipinski definition) is 4. The van der Waals surface area contributed by atoms with Crippen molar-refractivity contribution in [3.8, 4) is 28.7 Å². The number of primary amides is 1. The number of aliphatic hydroxyl groups is 1. The zero-order valence-electron chi connectivity index (χ0n) is 21.2. The summed E-state index contributed by atoms with van der Waals surface area (Å²) >= 11 is 0. The summed E-state index contributed by atoms with van der Waals surface area (Å²) in [6, 6.07) is 14.8. The van der Waals surface area contributed by atoms with Crippen molar-refractivity contribution in [1.29, 1.82) is 0 Å². The van der Waals surface area contributed by atoms with Crippen molar-refractivity contribution in [2.75, 3.05) is 12.4 Å². The molecule has 10 heteroatoms. The number of hydrogen-bond donors (Lipinski definition) is 3. The number of nitrogens with one attached hydrogen (secondary N) is 1. The number of alkyl halides is 3. The molecule has 0 aliphatic heterocycles. The van der Waals surface area contributed by atoms with Crippen LogP contribution in [0, 0.1) is 17.7 Å². The van der Waals surface area contributed by atoms with Crippen LogP contribution >= 0.6 is 0 Å². The lowest BCUT2D eigenvalue weighted by Crippen LogP contribution is -2.20. The monoisotopic (exact) mass is 550 g/mol. The quantitative estimate of drug-likeness (QED) is 0.217. The van der Waals surface area contributed by atoms with Gasteiger partial charge in [0.15, 0.2) is 0 Å². The maximum absolute atomic E-state index is 14.1. The second-order valence-corrected chi connectivity index (χ2v) is 8.77. The summed E-state index contributed by atoms with van der Waals surface area (Å²) in [5.74, 6) is 2.24. The van der Waals surface area contributed by atoms with Crippen molar-refractivity contribution in [2.45, 2.75) is 19.2 Å². The Labute approximate surface area is 226 Å². The molecular formula is C30H22F4N2O4. The van der Waals surface area contributed by atoms with Crippen molar-refractivity contribution < 1.29 is 37.0 Å². The van der Waals surface area contributed by atoms with E-state index in [-0.39, 0.29) is 33.7 Å². The lowest BCUT2D eigenvalue weighted by Gasteiger charge is -2.19. The minimum atomic E-state index is -4.99. The van der Waals surface area contributed by atoms with Gasteiger partial charge in [-0.15, -0.1) is 0 Å². The van der Waals surface area contributed by atoms with E-state index in [4.69, 9.17) is 10.5 Å². The average Bonchev–Trinajstić information content (AvgIpc) is 2.90. The van der Waals surface area contributed by atoms with E-state index in [2.05, 4.69) is 17.2 Å². The molecule has 2 amide bonds. The molecule has 4 rings (SSSR count). The topological polar surface area (TPSA) is 102 Å². The lowest BCUT2D eigenvalue weighted by atomic mass is 9.90. The molecular weight excluding hydrogens is 528 g/mol. The summed E-state index contributed by atoms with van der Waals surface area (Å²) in [7, 11) is 1.35. The van der Waals surface area contributed by atoms with Gasteiger partial charge in [-0.05, 0) is 59.7 Å². The van der Waals surface area contributed by atoms with E-state index in [1.807, 2.05) is 0 Å². The fourth-order valence-electron chi connectivity index (χ4n) is 4.24. The Morgan fingerprint density at radius 3 is 2.42 bits per heavy atom. The molecule has 0 saturated heterocycles. The molecule has 1 unspecified atom stereocenters. The van der Waals surface area contributed by atoms with E-state index in [1.54, 1.807) is 30.3 Å². The summed E-state index contributed by atoms with van der Waals surface area (Å²) < 4.78 is 60.0. The first-order chi connectivity index (χ1) is 18.9. The summed E-state index contributed by atoms with van der Waals surface area (Å²) in [6.45, 7) is 1.48. The van der Waals surface area contributed by atoms with E-state index in [0.717, 1.165) is 6.07 Å². The zero-order valence-corrected chi connectivity index (χ0v) is 21.2. The Bertz CT molecular complexity index is 1700. The molecule has 204 valence electrons. The van der Waals surface area contributed by atoms with Crippen LogP contribution in [-0.4, -0.2) is 30.1 Å². The van der Waals surface area contributed by atoms with Gasteiger partial charge in [0.2, 0.25) is 0 Å². The van der Waals surface area contributed by atoms with Crippen LogP contribution in [0.15, 0.2) is 66.7 Å². The number of methoxy groups -OCH3 is 1. The van der Waals surface area contributed by atoms with Gasteiger partial charge in [-0.25, -0.2) is 4.39 Å². The number of carbonyl (C=O) groups excluding carboxylic acids is 2. The van der Waals surface area contributed by atoms with Crippen LogP contribution in [0.2, 0.25) is 0 Å². The molecule has 6 nitrogen and oxygen atoms in total. The van der Waals surface area contributed by atoms with Crippen LogP contribution in [-0.2, 0) is 6.18 Å². The van der Waals surface area contributed by atoms with Crippen molar-refractivity contribution in [1.82, 2.24) is 0 Å². The highest BCUT2D eigenvalue weighted by Gasteiger charge is 2.35. The summed E-state index contributed by atoms with van der Waals surface area (Å²) in [6.07, 6.45) is -5.90. The van der Waals surface area contributed by atoms with Crippen LogP contribution in [0.3, 0.4) is 0 Å². The zero-order chi connectivity index (χ0) is 29.2. The average molecular weight is 551 g/mol. The summed E-state index contributed by atoms with van der Waals surface area (Å²) in [5, 5.41) is 12.9. The fraction of sp³-hybridized carbons (Fsp3) is 0.133. The number of halogens is 4. The summed E-state index contributed by atoms with van der Waals surface area (Å²) in [5.41, 5.74) is 4.15. The van der Waals surface area contributed by atoms with Gasteiger partial charge in [0.05, 0.1) is 29.5 Å². The van der Waals surface area contributed by atoms with Crippen molar-refractivity contribution in [3.63, 3.8) is 0 Å². The van der Waals surface area contributed by atoms with Gasteiger partial charge in [-0.3, -0.25) is 9.59 Å². The van der Waals surface area contributed by atoms with Gasteiger partial charge >= 0.3 is 6.18 Å². The highest BCUT2D eigenvalue weighted by Crippen LogP contribution is 2.40. The third-order valence-corrected chi connectivity index (χ3v) is 5.97. The molecule has 0 fully saturated rings. The highest BCUT2D eigenvalue weighted by atomic mass is 19.4. The number of rotatable bonds is 5. The Balaban J connectivity index is 1.93. The third kappa shape index (κ3) is 5.75. The van der Waals surface area contributed by atoms with E-state index < -0.39 is 35.5 Å². The number of benzene rings is 4. The molecule has 0 radical (unpaired) electrons. The van der Waals surface area contributed by atoms with Crippen LogP contribution in [0.1, 0.15) is 38.8 Å². The van der Waals surface area contributed by atoms with Gasteiger partial charge in [0.1, 0.15) is 17.7 Å². The van der Waals surface area contributed by atoms with Gasteiger partial charge < -0.3 is 20.9 Å². The Hall–Kier alpha value is -4.88. The normalized spacial score (nSPS) is 11.9. The lowest BCUT2D eigenvalue weighted by molar-refractivity contribution is -0.139. The number of amides is 2. The number of nitrogens with two attached hydrogens (primary N) is 1. The van der Waals surface area contributed by atoms with E-state index in [1.165, 1.54) is 32.2 Å². The van der Waals surface area contributed by atoms with Crippen molar-refractivity contribution in [3.05, 3.63) is 94.8 Å². The minimum absolute atomic E-state index is 0.00471. The van der Waals surface area contributed by atoms with Crippen molar-refractivity contribution >= 4 is 28.3 Å². The molecule has 4 aromatic carbocycles. The number of anilines is 1. The molecule has 0 aromatic heterocycles. The minimum Gasteiger partial charge on any atom is -0.496 e. The molecule has 0 spiro atoms. The van der Waals surface area contributed by atoms with E-state index >= 15 is 0 Å². The molecule has 40 heavy (non-hydrogen) atoms. The Morgan fingerprint density at radius 1 is 1.05 bits per heavy atom. The van der Waals surface area contributed by atoms with Gasteiger partial charge in [-0.1, -0.05) is 42.2 Å². The molecule has 0 aliphatic rings. The predicted molar refractivity (Wildman–Crippen MR) is 142 cm³/mol. The fourth-order valence-corrected chi connectivity index (χ4v) is 4.24. The van der Waals surface area contributed by atoms with Crippen LogP contribution in [0.5, 0.6) is 5.75 Å². The standard InChI is InChI=1S/C30H22F4N2O4/c1-16(37)7-8-17-9-12-25(40-2)21(13-17)29(39)36-24-15-18-5-3-4-6-20(18)26(27(24)28(35)38)19-10-11-23(31)22(14-19)30(32,33)34/h3-6,9-16,37H,1-2H3,(H2,35,38)(H,36,39). The molecule has 0 bridgehead atoms. The first-order valence-electron chi connectivity index (χ1n) is 11.8. The van der Waals surface area contributed by atoms with Crippen molar-refractivity contribution in [2.24, 2.45) is 5.73 Å². The largest absolute Gasteiger partial charge is 0.496 e. The van der Waals surface area contributed by atoms with E-state index in [0.29, 0.717) is 28.5 Å². The van der Waals surface area contributed by atoms with Gasteiger partial charge in [0.25, 0.3) is 11.8 Å². The second kappa shape index (κ2) is 11.1. The van der Waals surface area contributed by atoms with Crippen LogP contribution < -0.4 is 15.8 Å². The number of ether oxygens (including phenoxy) is 1. The van der Waals surface area contributed by atoms with Gasteiger partial charge in [-0.2, -0.15) is 13.2 Å². The molecule has 0 saturated carbocycles. The molecule has 4 N–H and O–H groups in total. The number of carbonyl (C=O) groups is 2. The van der Waals surface area contributed by atoms with Crippen LogP contribution in [0.25, 0.3) is 21.9 Å². The Morgan fingerprint density at radius 2 is 1.77 bits per heavy atom.